The van der Waals surface area contributed by atoms with Crippen LogP contribution >= 0.6 is 35.1 Å². The number of fused-ring (bicyclic) bond motifs is 2. The maximum Gasteiger partial charge on any atom is 0.234 e. The third-order valence-electron chi connectivity index (χ3n) is 4.11. The van der Waals surface area contributed by atoms with Gasteiger partial charge in [0.1, 0.15) is 0 Å². The second-order valence-corrected chi connectivity index (χ2v) is 8.60. The van der Waals surface area contributed by atoms with Crippen LogP contribution in [0, 0.1) is 0 Å². The van der Waals surface area contributed by atoms with Crippen molar-refractivity contribution in [2.45, 2.75) is 9.50 Å². The minimum absolute atomic E-state index is 0.176. The van der Waals surface area contributed by atoms with E-state index in [9.17, 15) is 14.4 Å². The Morgan fingerprint density at radius 1 is 1.04 bits per heavy atom. The SMILES string of the molecule is CSc1nsc(SCC(=O)Nc2ccc3c(c2)C(=O)c2ccccc2C3=O)n1. The van der Waals surface area contributed by atoms with Crippen molar-refractivity contribution in [1.82, 2.24) is 9.36 Å². The summed E-state index contributed by atoms with van der Waals surface area (Å²) in [6.07, 6.45) is 1.89. The Morgan fingerprint density at radius 3 is 2.39 bits per heavy atom. The van der Waals surface area contributed by atoms with E-state index < -0.39 is 0 Å². The van der Waals surface area contributed by atoms with E-state index in [0.29, 0.717) is 33.1 Å². The van der Waals surface area contributed by atoms with Crippen LogP contribution in [0.25, 0.3) is 0 Å². The highest BCUT2D eigenvalue weighted by molar-refractivity contribution is 8.01. The standard InChI is InChI=1S/C19H13N3O3S3/c1-26-18-21-19(28-22-18)27-9-15(23)20-10-6-7-13-14(8-10)17(25)12-5-3-2-4-11(12)16(13)24/h2-8H,9H2,1H3,(H,20,23). The largest absolute Gasteiger partial charge is 0.325 e. The van der Waals surface area contributed by atoms with Gasteiger partial charge in [0.2, 0.25) is 11.1 Å². The van der Waals surface area contributed by atoms with Crippen molar-refractivity contribution in [2.75, 3.05) is 17.3 Å². The highest BCUT2D eigenvalue weighted by Gasteiger charge is 2.29. The molecular weight excluding hydrogens is 414 g/mol. The topological polar surface area (TPSA) is 89.0 Å². The van der Waals surface area contributed by atoms with Gasteiger partial charge < -0.3 is 5.32 Å². The van der Waals surface area contributed by atoms with E-state index in [2.05, 4.69) is 14.7 Å². The lowest BCUT2D eigenvalue weighted by atomic mass is 9.84. The van der Waals surface area contributed by atoms with Gasteiger partial charge in [-0.05, 0) is 36.0 Å². The van der Waals surface area contributed by atoms with Gasteiger partial charge in [0.05, 0.1) is 5.75 Å². The first-order valence-electron chi connectivity index (χ1n) is 8.19. The maximum atomic E-state index is 12.7. The van der Waals surface area contributed by atoms with Crippen molar-refractivity contribution in [3.05, 3.63) is 64.7 Å². The highest BCUT2D eigenvalue weighted by atomic mass is 32.2. The Kier molecular flexibility index (Phi) is 5.29. The lowest BCUT2D eigenvalue weighted by molar-refractivity contribution is -0.113. The number of nitrogens with one attached hydrogen (secondary N) is 1. The van der Waals surface area contributed by atoms with E-state index in [1.807, 2.05) is 6.26 Å². The number of amides is 1. The number of thioether (sulfide) groups is 2. The van der Waals surface area contributed by atoms with Crippen LogP contribution in [0.4, 0.5) is 5.69 Å². The third-order valence-corrected chi connectivity index (χ3v) is 6.60. The lowest BCUT2D eigenvalue weighted by Gasteiger charge is -2.18. The van der Waals surface area contributed by atoms with Crippen molar-refractivity contribution in [3.8, 4) is 0 Å². The van der Waals surface area contributed by atoms with Gasteiger partial charge in [-0.1, -0.05) is 47.8 Å². The zero-order valence-corrected chi connectivity index (χ0v) is 17.0. The summed E-state index contributed by atoms with van der Waals surface area (Å²) in [5.41, 5.74) is 1.94. The van der Waals surface area contributed by atoms with Gasteiger partial charge in [-0.3, -0.25) is 14.4 Å². The Bertz CT molecular complexity index is 1110. The number of nitrogens with zero attached hydrogens (tertiary/aromatic N) is 2. The van der Waals surface area contributed by atoms with Gasteiger partial charge in [0, 0.05) is 27.9 Å². The molecule has 0 unspecified atom stereocenters. The normalized spacial score (nSPS) is 12.5. The van der Waals surface area contributed by atoms with Crippen LogP contribution in [0.2, 0.25) is 0 Å². The summed E-state index contributed by atoms with van der Waals surface area (Å²) in [5.74, 6) is -0.440. The summed E-state index contributed by atoms with van der Waals surface area (Å²) in [5, 5.41) is 3.46. The predicted molar refractivity (Wildman–Crippen MR) is 111 cm³/mol. The predicted octanol–water partition coefficient (Wildman–Crippen LogP) is 3.77. The average Bonchev–Trinajstić information content (AvgIpc) is 3.19. The molecule has 1 aliphatic rings. The number of rotatable bonds is 5. The number of aromatic nitrogens is 2. The molecule has 6 nitrogen and oxygen atoms in total. The van der Waals surface area contributed by atoms with Crippen LogP contribution in [0.1, 0.15) is 31.8 Å². The van der Waals surface area contributed by atoms with Crippen LogP contribution in [-0.4, -0.2) is 38.8 Å². The van der Waals surface area contributed by atoms with E-state index in [0.717, 1.165) is 4.34 Å². The quantitative estimate of drug-likeness (QED) is 0.485. The molecule has 0 aliphatic heterocycles. The fourth-order valence-electron chi connectivity index (χ4n) is 2.84. The number of anilines is 1. The minimum atomic E-state index is -0.221. The summed E-state index contributed by atoms with van der Waals surface area (Å²) in [6, 6.07) is 11.5. The van der Waals surface area contributed by atoms with E-state index in [4.69, 9.17) is 0 Å². The Hall–Kier alpha value is -2.49. The van der Waals surface area contributed by atoms with E-state index in [1.165, 1.54) is 35.1 Å². The van der Waals surface area contributed by atoms with Crippen LogP contribution in [0.3, 0.4) is 0 Å². The van der Waals surface area contributed by atoms with Crippen molar-refractivity contribution in [2.24, 2.45) is 0 Å². The highest BCUT2D eigenvalue weighted by Crippen LogP contribution is 2.29. The molecule has 1 heterocycles. The van der Waals surface area contributed by atoms with Gasteiger partial charge in [0.25, 0.3) is 0 Å². The molecule has 1 aromatic heterocycles. The third kappa shape index (κ3) is 3.60. The second-order valence-electron chi connectivity index (χ2n) is 5.85. The summed E-state index contributed by atoms with van der Waals surface area (Å²) >= 11 is 4.01. The number of carbonyl (C=O) groups is 3. The van der Waals surface area contributed by atoms with Gasteiger partial charge in [0.15, 0.2) is 15.9 Å². The van der Waals surface area contributed by atoms with Crippen molar-refractivity contribution in [1.29, 1.82) is 0 Å². The van der Waals surface area contributed by atoms with E-state index in [-0.39, 0.29) is 23.2 Å². The molecule has 1 aliphatic carbocycles. The molecule has 0 radical (unpaired) electrons. The molecule has 0 fully saturated rings. The first-order chi connectivity index (χ1) is 13.6. The van der Waals surface area contributed by atoms with Gasteiger partial charge in [-0.15, -0.1) is 0 Å². The summed E-state index contributed by atoms with van der Waals surface area (Å²) < 4.78 is 4.87. The average molecular weight is 428 g/mol. The molecule has 0 atom stereocenters. The second kappa shape index (κ2) is 7.86. The van der Waals surface area contributed by atoms with Gasteiger partial charge in [-0.2, -0.15) is 4.37 Å². The number of ketones is 2. The van der Waals surface area contributed by atoms with Crippen molar-refractivity contribution >= 4 is 58.2 Å². The molecule has 9 heteroatoms. The number of carbonyl (C=O) groups excluding carboxylic acids is 3. The molecule has 1 N–H and O–H groups in total. The Labute approximate surface area is 173 Å². The first kappa shape index (κ1) is 18.9. The van der Waals surface area contributed by atoms with Gasteiger partial charge >= 0.3 is 0 Å². The fraction of sp³-hybridized carbons (Fsp3) is 0.105. The minimum Gasteiger partial charge on any atom is -0.325 e. The van der Waals surface area contributed by atoms with Crippen molar-refractivity contribution < 1.29 is 14.4 Å². The smallest absolute Gasteiger partial charge is 0.234 e. The Balaban J connectivity index is 1.49. The zero-order chi connectivity index (χ0) is 19.7. The molecule has 1 amide bonds. The fourth-order valence-corrected chi connectivity index (χ4v) is 4.85. The zero-order valence-electron chi connectivity index (χ0n) is 14.6. The maximum absolute atomic E-state index is 12.7. The monoisotopic (exact) mass is 427 g/mol. The van der Waals surface area contributed by atoms with Crippen LogP contribution in [-0.2, 0) is 4.79 Å². The van der Waals surface area contributed by atoms with E-state index >= 15 is 0 Å². The molecule has 0 bridgehead atoms. The van der Waals surface area contributed by atoms with Crippen LogP contribution in [0.15, 0.2) is 52.0 Å². The molecule has 140 valence electrons. The number of hydrogen-bond donors (Lipinski definition) is 1. The molecule has 4 rings (SSSR count). The van der Waals surface area contributed by atoms with Gasteiger partial charge in [-0.25, -0.2) is 4.98 Å². The molecular formula is C19H13N3O3S3. The Morgan fingerprint density at radius 2 is 1.71 bits per heavy atom. The molecule has 0 spiro atoms. The molecule has 3 aromatic rings. The molecule has 28 heavy (non-hydrogen) atoms. The van der Waals surface area contributed by atoms with Crippen LogP contribution in [0.5, 0.6) is 0 Å². The summed E-state index contributed by atoms with van der Waals surface area (Å²) in [4.78, 5) is 41.9. The molecule has 0 saturated carbocycles. The van der Waals surface area contributed by atoms with Crippen molar-refractivity contribution in [3.63, 3.8) is 0 Å². The van der Waals surface area contributed by atoms with Crippen LogP contribution < -0.4 is 5.32 Å². The summed E-state index contributed by atoms with van der Waals surface area (Å²) in [7, 11) is 0. The first-order valence-corrected chi connectivity index (χ1v) is 11.2. The summed E-state index contributed by atoms with van der Waals surface area (Å²) in [6.45, 7) is 0. The van der Waals surface area contributed by atoms with E-state index in [1.54, 1.807) is 42.5 Å². The molecule has 2 aromatic carbocycles. The number of hydrogen-bond acceptors (Lipinski definition) is 8. The molecule has 0 saturated heterocycles. The lowest BCUT2D eigenvalue weighted by Crippen LogP contribution is -2.21. The number of benzene rings is 2.